The topological polar surface area (TPSA) is 41.9 Å². The van der Waals surface area contributed by atoms with Gasteiger partial charge in [0.1, 0.15) is 0 Å². The van der Waals surface area contributed by atoms with E-state index in [9.17, 15) is 0 Å². The third-order valence-electron chi connectivity index (χ3n) is 2.68. The molecule has 0 spiro atoms. The lowest BCUT2D eigenvalue weighted by molar-refractivity contribution is 0.469. The molecule has 1 aromatic rings. The molecule has 0 aliphatic heterocycles. The highest BCUT2D eigenvalue weighted by Crippen LogP contribution is 2.18. The summed E-state index contributed by atoms with van der Waals surface area (Å²) in [5, 5.41) is 11.2. The van der Waals surface area contributed by atoms with Gasteiger partial charge in [-0.3, -0.25) is 4.68 Å². The Hall–Kier alpha value is -0.870. The highest BCUT2D eigenvalue weighted by Gasteiger charge is 2.20. The Morgan fingerprint density at radius 1 is 1.53 bits per heavy atom. The molecule has 0 amide bonds. The fourth-order valence-corrected chi connectivity index (χ4v) is 1.56. The van der Waals surface area contributed by atoms with Gasteiger partial charge in [0.05, 0.1) is 6.54 Å². The molecule has 0 saturated heterocycles. The minimum Gasteiger partial charge on any atom is -0.312 e. The normalized spacial score (nSPS) is 17.9. The van der Waals surface area contributed by atoms with Crippen LogP contribution in [0.3, 0.4) is 0 Å². The molecule has 2 N–H and O–H groups in total. The highest BCUT2D eigenvalue weighted by atomic mass is 15.3. The van der Waals surface area contributed by atoms with Crippen molar-refractivity contribution in [3.63, 3.8) is 0 Å². The number of hydrogen-bond acceptors (Lipinski definition) is 3. The second-order valence-electron chi connectivity index (χ2n) is 4.31. The zero-order valence-corrected chi connectivity index (χ0v) is 9.32. The second kappa shape index (κ2) is 5.28. The van der Waals surface area contributed by atoms with Gasteiger partial charge in [-0.25, -0.2) is 0 Å². The molecule has 1 aliphatic carbocycles. The maximum Gasteiger partial charge on any atom is 0.0534 e. The summed E-state index contributed by atoms with van der Waals surface area (Å²) in [4.78, 5) is 0. The fraction of sp³-hybridized carbons (Fsp3) is 0.727. The van der Waals surface area contributed by atoms with Gasteiger partial charge in [-0.05, 0) is 25.8 Å². The minimum atomic E-state index is 0.543. The van der Waals surface area contributed by atoms with Crippen LogP contribution in [0.4, 0.5) is 0 Å². The molecule has 1 aromatic heterocycles. The van der Waals surface area contributed by atoms with Gasteiger partial charge in [0, 0.05) is 37.6 Å². The summed E-state index contributed by atoms with van der Waals surface area (Å²) in [6.45, 7) is 5.22. The van der Waals surface area contributed by atoms with Crippen molar-refractivity contribution in [1.82, 2.24) is 20.4 Å². The van der Waals surface area contributed by atoms with Crippen molar-refractivity contribution >= 4 is 0 Å². The van der Waals surface area contributed by atoms with Crippen LogP contribution in [0.5, 0.6) is 0 Å². The van der Waals surface area contributed by atoms with E-state index in [0.717, 1.165) is 25.7 Å². The maximum absolute atomic E-state index is 4.16. The van der Waals surface area contributed by atoms with Crippen molar-refractivity contribution in [1.29, 1.82) is 0 Å². The zero-order chi connectivity index (χ0) is 10.5. The van der Waals surface area contributed by atoms with Gasteiger partial charge in [-0.2, -0.15) is 5.10 Å². The molecule has 4 heteroatoms. The van der Waals surface area contributed by atoms with E-state index >= 15 is 0 Å². The Kier molecular flexibility index (Phi) is 3.75. The minimum absolute atomic E-state index is 0.543. The van der Waals surface area contributed by atoms with Crippen LogP contribution in [-0.2, 0) is 6.54 Å². The second-order valence-corrected chi connectivity index (χ2v) is 4.31. The SMILES string of the molecule is CC(CNC1CC1)NCCn1cccn1. The molecular formula is C11H20N4. The maximum atomic E-state index is 4.16. The third-order valence-corrected chi connectivity index (χ3v) is 2.68. The smallest absolute Gasteiger partial charge is 0.0534 e. The molecule has 1 fully saturated rings. The summed E-state index contributed by atoms with van der Waals surface area (Å²) in [6.07, 6.45) is 6.53. The predicted octanol–water partition coefficient (Wildman–Crippen LogP) is 0.613. The highest BCUT2D eigenvalue weighted by molar-refractivity contribution is 4.82. The first-order valence-electron chi connectivity index (χ1n) is 5.79. The summed E-state index contributed by atoms with van der Waals surface area (Å²) in [7, 11) is 0. The van der Waals surface area contributed by atoms with Crippen molar-refractivity contribution in [3.8, 4) is 0 Å². The predicted molar refractivity (Wildman–Crippen MR) is 60.7 cm³/mol. The number of aromatic nitrogens is 2. The third kappa shape index (κ3) is 4.01. The number of nitrogens with one attached hydrogen (secondary N) is 2. The fourth-order valence-electron chi connectivity index (χ4n) is 1.56. The quantitative estimate of drug-likeness (QED) is 0.690. The standard InChI is InChI=1S/C11H20N4/c1-10(9-13-11-3-4-11)12-6-8-15-7-2-5-14-15/h2,5,7,10-13H,3-4,6,8-9H2,1H3. The molecule has 84 valence electrons. The molecular weight excluding hydrogens is 188 g/mol. The molecule has 2 rings (SSSR count). The Morgan fingerprint density at radius 2 is 2.40 bits per heavy atom. The van der Waals surface area contributed by atoms with E-state index in [-0.39, 0.29) is 0 Å². The summed E-state index contributed by atoms with van der Waals surface area (Å²) in [6, 6.07) is 3.31. The summed E-state index contributed by atoms with van der Waals surface area (Å²) < 4.78 is 1.95. The van der Waals surface area contributed by atoms with E-state index < -0.39 is 0 Å². The van der Waals surface area contributed by atoms with E-state index in [4.69, 9.17) is 0 Å². The molecule has 15 heavy (non-hydrogen) atoms. The van der Waals surface area contributed by atoms with Gasteiger partial charge < -0.3 is 10.6 Å². The Morgan fingerprint density at radius 3 is 3.07 bits per heavy atom. The van der Waals surface area contributed by atoms with Gasteiger partial charge in [-0.15, -0.1) is 0 Å². The zero-order valence-electron chi connectivity index (χ0n) is 9.32. The van der Waals surface area contributed by atoms with Crippen molar-refractivity contribution in [2.75, 3.05) is 13.1 Å². The number of rotatable bonds is 7. The van der Waals surface area contributed by atoms with Crippen LogP contribution in [0.1, 0.15) is 19.8 Å². The van der Waals surface area contributed by atoms with Crippen molar-refractivity contribution in [3.05, 3.63) is 18.5 Å². The average Bonchev–Trinajstić information content (AvgIpc) is 2.92. The van der Waals surface area contributed by atoms with Gasteiger partial charge in [0.25, 0.3) is 0 Å². The van der Waals surface area contributed by atoms with Crippen LogP contribution in [0.15, 0.2) is 18.5 Å². The first-order valence-corrected chi connectivity index (χ1v) is 5.79. The van der Waals surface area contributed by atoms with Crippen LogP contribution >= 0.6 is 0 Å². The summed E-state index contributed by atoms with van der Waals surface area (Å²) in [5.41, 5.74) is 0. The molecule has 0 radical (unpaired) electrons. The molecule has 4 nitrogen and oxygen atoms in total. The van der Waals surface area contributed by atoms with Crippen LogP contribution in [-0.4, -0.2) is 35.0 Å². The van der Waals surface area contributed by atoms with Crippen LogP contribution in [0, 0.1) is 0 Å². The lowest BCUT2D eigenvalue weighted by Crippen LogP contribution is -2.38. The van der Waals surface area contributed by atoms with E-state index in [1.54, 1.807) is 0 Å². The average molecular weight is 208 g/mol. The lowest BCUT2D eigenvalue weighted by Gasteiger charge is -2.14. The molecule has 0 bridgehead atoms. The lowest BCUT2D eigenvalue weighted by atomic mass is 10.3. The molecule has 1 saturated carbocycles. The molecule has 1 aliphatic rings. The molecule has 1 unspecified atom stereocenters. The summed E-state index contributed by atoms with van der Waals surface area (Å²) >= 11 is 0. The van der Waals surface area contributed by atoms with E-state index in [1.807, 2.05) is 23.1 Å². The molecule has 0 aromatic carbocycles. The van der Waals surface area contributed by atoms with E-state index in [2.05, 4.69) is 22.7 Å². The van der Waals surface area contributed by atoms with Crippen molar-refractivity contribution in [2.45, 2.75) is 38.4 Å². The van der Waals surface area contributed by atoms with Gasteiger partial charge in [0.2, 0.25) is 0 Å². The van der Waals surface area contributed by atoms with Gasteiger partial charge >= 0.3 is 0 Å². The van der Waals surface area contributed by atoms with E-state index in [0.29, 0.717) is 6.04 Å². The Balaban J connectivity index is 1.52. The monoisotopic (exact) mass is 208 g/mol. The van der Waals surface area contributed by atoms with Crippen molar-refractivity contribution in [2.24, 2.45) is 0 Å². The first kappa shape index (κ1) is 10.6. The van der Waals surface area contributed by atoms with Gasteiger partial charge in [0.15, 0.2) is 0 Å². The molecule has 1 atom stereocenters. The van der Waals surface area contributed by atoms with Crippen LogP contribution in [0.25, 0.3) is 0 Å². The number of hydrogen-bond donors (Lipinski definition) is 2. The van der Waals surface area contributed by atoms with Crippen LogP contribution < -0.4 is 10.6 Å². The Bertz CT molecular complexity index is 266. The Labute approximate surface area is 91.1 Å². The molecule has 1 heterocycles. The number of nitrogens with zero attached hydrogens (tertiary/aromatic N) is 2. The summed E-state index contributed by atoms with van der Waals surface area (Å²) in [5.74, 6) is 0. The van der Waals surface area contributed by atoms with Crippen molar-refractivity contribution < 1.29 is 0 Å². The van der Waals surface area contributed by atoms with Crippen LogP contribution in [0.2, 0.25) is 0 Å². The largest absolute Gasteiger partial charge is 0.312 e. The first-order chi connectivity index (χ1) is 7.34. The van der Waals surface area contributed by atoms with E-state index in [1.165, 1.54) is 12.8 Å². The van der Waals surface area contributed by atoms with Gasteiger partial charge in [-0.1, -0.05) is 0 Å².